The monoisotopic (exact) mass is 1060 g/mol. The molecule has 74 heavy (non-hydrogen) atoms. The van der Waals surface area contributed by atoms with Gasteiger partial charge in [-0.1, -0.05) is 25.5 Å². The van der Waals surface area contributed by atoms with Gasteiger partial charge in [-0.15, -0.1) is 0 Å². The van der Waals surface area contributed by atoms with Gasteiger partial charge in [0, 0.05) is 78.8 Å². The van der Waals surface area contributed by atoms with Gasteiger partial charge in [0.2, 0.25) is 0 Å². The maximum Gasteiger partial charge on any atom is 0.303 e. The van der Waals surface area contributed by atoms with Crippen molar-refractivity contribution in [2.45, 2.75) is 254 Å². The predicted octanol–water partition coefficient (Wildman–Crippen LogP) is 2.94. The Kier molecular flexibility index (Phi) is 17.6. The fourth-order valence-corrected chi connectivity index (χ4v) is 14.8. The van der Waals surface area contributed by atoms with Crippen LogP contribution in [0.25, 0.3) is 0 Å². The summed E-state index contributed by atoms with van der Waals surface area (Å²) in [4.78, 5) is 38.9. The summed E-state index contributed by atoms with van der Waals surface area (Å²) < 4.78 is 86.7. The number of carbonyl (C=O) groups is 3. The molecule has 0 aromatic heterocycles. The Hall–Kier alpha value is -2.29. The molecule has 0 spiro atoms. The van der Waals surface area contributed by atoms with Crippen LogP contribution in [0.15, 0.2) is 11.6 Å². The molecule has 4 aliphatic heterocycles. The summed E-state index contributed by atoms with van der Waals surface area (Å²) in [6.45, 7) is 14.9. The van der Waals surface area contributed by atoms with Crippen LogP contribution in [0.3, 0.4) is 0 Å². The number of fused-ring (bicyclic) bond motifs is 5. The van der Waals surface area contributed by atoms with E-state index < -0.39 is 163 Å². The Morgan fingerprint density at radius 2 is 1.12 bits per heavy atom. The third kappa shape index (κ3) is 10.2. The molecule has 0 bridgehead atoms. The number of hydrogen-bond donors (Lipinski definition) is 4. The topological polar surface area (TPSA) is 261 Å². The molecule has 0 amide bonds. The maximum absolute atomic E-state index is 13.2. The Balaban J connectivity index is 0.888. The molecule has 0 aromatic rings. The first-order chi connectivity index (χ1) is 34.9. The molecule has 0 aromatic carbocycles. The van der Waals surface area contributed by atoms with E-state index in [1.807, 2.05) is 33.8 Å². The molecule has 8 aliphatic rings. The number of aliphatic hydroxyl groups excluding tert-OH is 2. The van der Waals surface area contributed by atoms with Crippen LogP contribution >= 0.6 is 0 Å². The lowest BCUT2D eigenvalue weighted by atomic mass is 9.42. The highest BCUT2D eigenvalue weighted by molar-refractivity contribution is 5.80. The SMILES string of the molecule is COC1CC(OC2CCC3(C)C(=CCC4(O)C3C(OC(C)=O)C(OC(C)=O)C3(C)C(C(C)=O)CCC43O)C2)OC(C)C1OC1CC(OC)C(OC2CC(OC)C(OC3OC(C)C(O)C(OC)C3O)C(C)O2)C(C)O1. The summed E-state index contributed by atoms with van der Waals surface area (Å²) in [5.41, 5.74) is -4.99. The van der Waals surface area contributed by atoms with Crippen molar-refractivity contribution in [1.82, 2.24) is 0 Å². The standard InChI is InChI=1S/C53H84O21/c1-24(54)33-16-19-53(60)51(33,9)48(70-30(7)56)46(69-29(6)55)47-50(8)17-15-32(20-31(50)14-18-52(47,53)59)71-37-21-34(61-10)42(26(3)65-37)72-38-22-35(62-11)43(27(4)66-38)73-39-23-36(63-12)44(28(5)67-39)74-49-41(58)45(64-13)40(57)25(2)68-49/h14,25-28,32-49,57-60H,15-23H2,1-13H3. The maximum atomic E-state index is 13.2. The number of hydrogen-bond acceptors (Lipinski definition) is 21. The normalized spacial score (nSPS) is 50.4. The molecule has 4 aliphatic carbocycles. The summed E-state index contributed by atoms with van der Waals surface area (Å²) in [5.74, 6) is -3.12. The molecular formula is C53H84O21. The first-order valence-electron chi connectivity index (χ1n) is 26.6. The van der Waals surface area contributed by atoms with Gasteiger partial charge >= 0.3 is 11.9 Å². The molecule has 8 rings (SSSR count). The van der Waals surface area contributed by atoms with E-state index in [-0.39, 0.29) is 31.1 Å². The fourth-order valence-electron chi connectivity index (χ4n) is 14.8. The van der Waals surface area contributed by atoms with E-state index in [4.69, 9.17) is 66.3 Å². The molecule has 0 radical (unpaired) electrons. The second-order valence-corrected chi connectivity index (χ2v) is 22.7. The molecule has 4 saturated heterocycles. The summed E-state index contributed by atoms with van der Waals surface area (Å²) in [5, 5.41) is 47.3. The first kappa shape index (κ1) is 57.9. The smallest absolute Gasteiger partial charge is 0.303 e. The van der Waals surface area contributed by atoms with E-state index in [9.17, 15) is 34.8 Å². The minimum absolute atomic E-state index is 0.0288. The zero-order valence-electron chi connectivity index (χ0n) is 45.4. The molecule has 21 nitrogen and oxygen atoms in total. The van der Waals surface area contributed by atoms with Crippen LogP contribution in [0.5, 0.6) is 0 Å². The molecule has 7 fully saturated rings. The number of esters is 2. The number of methoxy groups -OCH3 is 4. The van der Waals surface area contributed by atoms with E-state index in [1.165, 1.54) is 27.9 Å². The Morgan fingerprint density at radius 3 is 1.61 bits per heavy atom. The van der Waals surface area contributed by atoms with Gasteiger partial charge in [-0.2, -0.15) is 0 Å². The number of Topliss-reactive ketones (excluding diaryl/α,β-unsaturated/α-hetero) is 1. The minimum atomic E-state index is -1.85. The van der Waals surface area contributed by atoms with Crippen LogP contribution < -0.4 is 0 Å². The highest BCUT2D eigenvalue weighted by atomic mass is 16.8. The van der Waals surface area contributed by atoms with Crippen molar-refractivity contribution in [3.05, 3.63) is 11.6 Å². The molecule has 26 unspecified atom stereocenters. The first-order valence-corrected chi connectivity index (χ1v) is 26.6. The van der Waals surface area contributed by atoms with Crippen molar-refractivity contribution in [3.8, 4) is 0 Å². The van der Waals surface area contributed by atoms with Crippen LogP contribution in [-0.4, -0.2) is 201 Å². The van der Waals surface area contributed by atoms with Crippen molar-refractivity contribution in [2.75, 3.05) is 28.4 Å². The molecular weight excluding hydrogens is 973 g/mol. The van der Waals surface area contributed by atoms with E-state index in [0.717, 1.165) is 5.57 Å². The highest BCUT2D eigenvalue weighted by Gasteiger charge is 2.80. The summed E-state index contributed by atoms with van der Waals surface area (Å²) in [6.07, 6.45) is -9.47. The number of ketones is 1. The third-order valence-electron chi connectivity index (χ3n) is 18.5. The van der Waals surface area contributed by atoms with Gasteiger partial charge in [0.25, 0.3) is 0 Å². The van der Waals surface area contributed by atoms with Crippen molar-refractivity contribution in [1.29, 1.82) is 0 Å². The molecule has 4 N–H and O–H groups in total. The lowest BCUT2D eigenvalue weighted by Gasteiger charge is -2.68. The largest absolute Gasteiger partial charge is 0.458 e. The summed E-state index contributed by atoms with van der Waals surface area (Å²) >= 11 is 0. The van der Waals surface area contributed by atoms with E-state index in [1.54, 1.807) is 35.2 Å². The molecule has 21 heteroatoms. The predicted molar refractivity (Wildman–Crippen MR) is 257 cm³/mol. The molecule has 4 heterocycles. The van der Waals surface area contributed by atoms with Gasteiger partial charge in [-0.05, 0) is 78.6 Å². The molecule has 422 valence electrons. The van der Waals surface area contributed by atoms with Gasteiger partial charge in [0.05, 0.1) is 48.8 Å². The van der Waals surface area contributed by atoms with Gasteiger partial charge in [0.15, 0.2) is 25.2 Å². The van der Waals surface area contributed by atoms with Gasteiger partial charge in [-0.3, -0.25) is 14.4 Å². The molecule has 3 saturated carbocycles. The van der Waals surface area contributed by atoms with Crippen LogP contribution in [0.4, 0.5) is 0 Å². The zero-order valence-corrected chi connectivity index (χ0v) is 45.4. The second-order valence-electron chi connectivity index (χ2n) is 22.7. The Morgan fingerprint density at radius 1 is 0.608 bits per heavy atom. The Labute approximate surface area is 434 Å². The average molecular weight is 1060 g/mol. The minimum Gasteiger partial charge on any atom is -0.458 e. The van der Waals surface area contributed by atoms with Crippen molar-refractivity contribution < 1.29 is 101 Å². The van der Waals surface area contributed by atoms with Crippen molar-refractivity contribution in [3.63, 3.8) is 0 Å². The van der Waals surface area contributed by atoms with Crippen LogP contribution in [-0.2, 0) is 80.7 Å². The highest BCUT2D eigenvalue weighted by Crippen LogP contribution is 2.70. The van der Waals surface area contributed by atoms with Crippen molar-refractivity contribution >= 4 is 17.7 Å². The van der Waals surface area contributed by atoms with Crippen LogP contribution in [0.1, 0.15) is 120 Å². The number of aliphatic hydroxyl groups is 4. The van der Waals surface area contributed by atoms with E-state index in [2.05, 4.69) is 0 Å². The van der Waals surface area contributed by atoms with E-state index in [0.29, 0.717) is 38.5 Å². The number of ether oxygens (including phenoxy) is 14. The summed E-state index contributed by atoms with van der Waals surface area (Å²) in [6, 6.07) is 0. The van der Waals surface area contributed by atoms with Crippen LogP contribution in [0, 0.1) is 22.7 Å². The Bertz CT molecular complexity index is 2020. The van der Waals surface area contributed by atoms with Gasteiger partial charge in [0.1, 0.15) is 65.8 Å². The lowest BCUT2D eigenvalue weighted by Crippen LogP contribution is -2.80. The number of rotatable bonds is 15. The van der Waals surface area contributed by atoms with Crippen molar-refractivity contribution in [2.24, 2.45) is 22.7 Å². The second kappa shape index (κ2) is 22.5. The lowest BCUT2D eigenvalue weighted by molar-refractivity contribution is -0.356. The molecule has 26 atom stereocenters. The van der Waals surface area contributed by atoms with Gasteiger partial charge in [-0.25, -0.2) is 0 Å². The fraction of sp³-hybridized carbons (Fsp3) is 0.906. The zero-order chi connectivity index (χ0) is 54.0. The number of carbonyl (C=O) groups excluding carboxylic acids is 3. The van der Waals surface area contributed by atoms with Gasteiger partial charge < -0.3 is 86.7 Å². The average Bonchev–Trinajstić information content (AvgIpc) is 3.64. The van der Waals surface area contributed by atoms with Crippen LogP contribution in [0.2, 0.25) is 0 Å². The quantitative estimate of drug-likeness (QED) is 0.136. The summed E-state index contributed by atoms with van der Waals surface area (Å²) in [7, 11) is 6.21. The third-order valence-corrected chi connectivity index (χ3v) is 18.5. The van der Waals surface area contributed by atoms with E-state index >= 15 is 0 Å².